The standard InChI is InChI=1S/C14H19N3O/c1-17-8-3-2-4-11(17)10-16-14-12-6-9-18-13(12)5-7-15-14/h5-7,9,11H,2-4,8,10H2,1H3,(H,15,16). The van der Waals surface area contributed by atoms with E-state index in [0.717, 1.165) is 23.3 Å². The lowest BCUT2D eigenvalue weighted by Gasteiger charge is -2.32. The Hall–Kier alpha value is -1.55. The number of pyridine rings is 1. The van der Waals surface area contributed by atoms with Gasteiger partial charge in [0, 0.05) is 18.8 Å². The highest BCUT2D eigenvalue weighted by molar-refractivity contribution is 5.87. The summed E-state index contributed by atoms with van der Waals surface area (Å²) in [4.78, 5) is 6.84. The number of likely N-dealkylation sites (N-methyl/N-ethyl adjacent to an activating group) is 1. The molecular weight excluding hydrogens is 226 g/mol. The zero-order valence-corrected chi connectivity index (χ0v) is 10.7. The predicted molar refractivity (Wildman–Crippen MR) is 72.8 cm³/mol. The molecule has 4 nitrogen and oxygen atoms in total. The Morgan fingerprint density at radius 2 is 2.39 bits per heavy atom. The fourth-order valence-electron chi connectivity index (χ4n) is 2.65. The van der Waals surface area contributed by atoms with Crippen LogP contribution in [0.2, 0.25) is 0 Å². The Bertz CT molecular complexity index is 522. The van der Waals surface area contributed by atoms with Crippen LogP contribution in [0.3, 0.4) is 0 Å². The molecule has 0 aromatic carbocycles. The van der Waals surface area contributed by atoms with E-state index < -0.39 is 0 Å². The first-order chi connectivity index (χ1) is 8.84. The minimum atomic E-state index is 0.614. The molecule has 1 aliphatic rings. The van der Waals surface area contributed by atoms with Crippen molar-refractivity contribution >= 4 is 16.8 Å². The molecule has 0 bridgehead atoms. The van der Waals surface area contributed by atoms with Crippen molar-refractivity contribution < 1.29 is 4.42 Å². The van der Waals surface area contributed by atoms with Crippen LogP contribution in [-0.2, 0) is 0 Å². The zero-order chi connectivity index (χ0) is 12.4. The van der Waals surface area contributed by atoms with Gasteiger partial charge in [0.2, 0.25) is 0 Å². The average Bonchev–Trinajstić information content (AvgIpc) is 2.86. The van der Waals surface area contributed by atoms with Gasteiger partial charge in [0.15, 0.2) is 0 Å². The molecule has 0 aliphatic carbocycles. The molecule has 3 rings (SSSR count). The van der Waals surface area contributed by atoms with E-state index in [0.29, 0.717) is 6.04 Å². The fourth-order valence-corrected chi connectivity index (χ4v) is 2.65. The first-order valence-corrected chi connectivity index (χ1v) is 6.61. The predicted octanol–water partition coefficient (Wildman–Crippen LogP) is 2.72. The van der Waals surface area contributed by atoms with Crippen molar-refractivity contribution in [3.63, 3.8) is 0 Å². The molecule has 3 heterocycles. The van der Waals surface area contributed by atoms with E-state index in [1.54, 1.807) is 12.5 Å². The summed E-state index contributed by atoms with van der Waals surface area (Å²) < 4.78 is 5.38. The number of anilines is 1. The minimum absolute atomic E-state index is 0.614. The van der Waals surface area contributed by atoms with Crippen LogP contribution < -0.4 is 5.32 Å². The van der Waals surface area contributed by atoms with Crippen LogP contribution in [-0.4, -0.2) is 36.1 Å². The number of aromatic nitrogens is 1. The van der Waals surface area contributed by atoms with Gasteiger partial charge in [0.1, 0.15) is 11.4 Å². The number of nitrogens with zero attached hydrogens (tertiary/aromatic N) is 2. The summed E-state index contributed by atoms with van der Waals surface area (Å²) >= 11 is 0. The fraction of sp³-hybridized carbons (Fsp3) is 0.500. The number of nitrogens with one attached hydrogen (secondary N) is 1. The van der Waals surface area contributed by atoms with E-state index in [4.69, 9.17) is 4.42 Å². The van der Waals surface area contributed by atoms with Gasteiger partial charge in [0.05, 0.1) is 11.6 Å². The number of fused-ring (bicyclic) bond motifs is 1. The van der Waals surface area contributed by atoms with E-state index in [1.807, 2.05) is 12.1 Å². The first-order valence-electron chi connectivity index (χ1n) is 6.61. The van der Waals surface area contributed by atoms with Gasteiger partial charge in [-0.25, -0.2) is 4.98 Å². The summed E-state index contributed by atoms with van der Waals surface area (Å²) in [5.74, 6) is 0.931. The van der Waals surface area contributed by atoms with Crippen molar-refractivity contribution in [1.29, 1.82) is 0 Å². The summed E-state index contributed by atoms with van der Waals surface area (Å²) in [6, 6.07) is 4.48. The maximum atomic E-state index is 5.38. The third-order valence-electron chi connectivity index (χ3n) is 3.81. The number of rotatable bonds is 3. The highest BCUT2D eigenvalue weighted by Crippen LogP contribution is 2.22. The smallest absolute Gasteiger partial charge is 0.139 e. The lowest BCUT2D eigenvalue weighted by Crippen LogP contribution is -2.40. The Kier molecular flexibility index (Phi) is 3.19. The normalized spacial score (nSPS) is 21.3. The lowest BCUT2D eigenvalue weighted by atomic mass is 10.0. The molecule has 1 saturated heterocycles. The Labute approximate surface area is 107 Å². The van der Waals surface area contributed by atoms with Crippen LogP contribution >= 0.6 is 0 Å². The third kappa shape index (κ3) is 2.20. The Morgan fingerprint density at radius 1 is 1.44 bits per heavy atom. The van der Waals surface area contributed by atoms with Gasteiger partial charge in [-0.1, -0.05) is 6.42 Å². The number of hydrogen-bond acceptors (Lipinski definition) is 4. The maximum Gasteiger partial charge on any atom is 0.139 e. The monoisotopic (exact) mass is 245 g/mol. The second-order valence-corrected chi connectivity index (χ2v) is 5.00. The third-order valence-corrected chi connectivity index (χ3v) is 3.81. The molecule has 1 fully saturated rings. The van der Waals surface area contributed by atoms with E-state index in [-0.39, 0.29) is 0 Å². The van der Waals surface area contributed by atoms with E-state index in [2.05, 4.69) is 22.2 Å². The highest BCUT2D eigenvalue weighted by atomic mass is 16.3. The molecule has 1 N–H and O–H groups in total. The molecule has 0 amide bonds. The van der Waals surface area contributed by atoms with Crippen molar-refractivity contribution in [2.75, 3.05) is 25.5 Å². The number of likely N-dealkylation sites (tertiary alicyclic amines) is 1. The van der Waals surface area contributed by atoms with Gasteiger partial charge < -0.3 is 14.6 Å². The zero-order valence-electron chi connectivity index (χ0n) is 10.7. The molecule has 1 unspecified atom stereocenters. The molecule has 0 saturated carbocycles. The Morgan fingerprint density at radius 3 is 3.28 bits per heavy atom. The minimum Gasteiger partial charge on any atom is -0.464 e. The molecular formula is C14H19N3O. The summed E-state index contributed by atoms with van der Waals surface area (Å²) in [6.45, 7) is 2.16. The molecule has 96 valence electrons. The van der Waals surface area contributed by atoms with Gasteiger partial charge in [-0.2, -0.15) is 0 Å². The number of piperidine rings is 1. The van der Waals surface area contributed by atoms with Crippen LogP contribution in [0.15, 0.2) is 29.0 Å². The van der Waals surface area contributed by atoms with Crippen molar-refractivity contribution in [3.8, 4) is 0 Å². The SMILES string of the molecule is CN1CCCCC1CNc1nccc2occc12. The van der Waals surface area contributed by atoms with Crippen LogP contribution in [0, 0.1) is 0 Å². The topological polar surface area (TPSA) is 41.3 Å². The molecule has 18 heavy (non-hydrogen) atoms. The van der Waals surface area contributed by atoms with Gasteiger partial charge in [0.25, 0.3) is 0 Å². The summed E-state index contributed by atoms with van der Waals surface area (Å²) in [6.07, 6.45) is 7.43. The van der Waals surface area contributed by atoms with E-state index in [9.17, 15) is 0 Å². The molecule has 1 atom stereocenters. The van der Waals surface area contributed by atoms with Crippen molar-refractivity contribution in [2.24, 2.45) is 0 Å². The van der Waals surface area contributed by atoms with Crippen molar-refractivity contribution in [3.05, 3.63) is 24.6 Å². The quantitative estimate of drug-likeness (QED) is 0.902. The molecule has 0 radical (unpaired) electrons. The van der Waals surface area contributed by atoms with Crippen molar-refractivity contribution in [2.45, 2.75) is 25.3 Å². The summed E-state index contributed by atoms with van der Waals surface area (Å²) in [5, 5.41) is 4.53. The molecule has 1 aliphatic heterocycles. The molecule has 4 heteroatoms. The summed E-state index contributed by atoms with van der Waals surface area (Å²) in [5.41, 5.74) is 0.893. The van der Waals surface area contributed by atoms with Gasteiger partial charge >= 0.3 is 0 Å². The van der Waals surface area contributed by atoms with Crippen LogP contribution in [0.5, 0.6) is 0 Å². The number of furan rings is 1. The van der Waals surface area contributed by atoms with Gasteiger partial charge in [-0.3, -0.25) is 0 Å². The number of hydrogen-bond donors (Lipinski definition) is 1. The maximum absolute atomic E-state index is 5.38. The average molecular weight is 245 g/mol. The van der Waals surface area contributed by atoms with Crippen molar-refractivity contribution in [1.82, 2.24) is 9.88 Å². The molecule has 0 spiro atoms. The second-order valence-electron chi connectivity index (χ2n) is 5.00. The molecule has 2 aromatic rings. The van der Waals surface area contributed by atoms with Crippen LogP contribution in [0.4, 0.5) is 5.82 Å². The first kappa shape index (κ1) is 11.5. The van der Waals surface area contributed by atoms with E-state index in [1.165, 1.54) is 25.8 Å². The van der Waals surface area contributed by atoms with E-state index >= 15 is 0 Å². The largest absolute Gasteiger partial charge is 0.464 e. The summed E-state index contributed by atoms with van der Waals surface area (Å²) in [7, 11) is 2.21. The van der Waals surface area contributed by atoms with Gasteiger partial charge in [-0.15, -0.1) is 0 Å². The van der Waals surface area contributed by atoms with Gasteiger partial charge in [-0.05, 0) is 38.6 Å². The Balaban J connectivity index is 1.71. The second kappa shape index (κ2) is 4.98. The lowest BCUT2D eigenvalue weighted by molar-refractivity contribution is 0.194. The van der Waals surface area contributed by atoms with Crippen LogP contribution in [0.1, 0.15) is 19.3 Å². The van der Waals surface area contributed by atoms with Crippen LogP contribution in [0.25, 0.3) is 11.0 Å². The highest BCUT2D eigenvalue weighted by Gasteiger charge is 2.18. The molecule has 2 aromatic heterocycles.